The van der Waals surface area contributed by atoms with Gasteiger partial charge in [-0.3, -0.25) is 9.59 Å². The average Bonchev–Trinajstić information content (AvgIpc) is 2.98. The number of aryl methyl sites for hydroxylation is 1. The molecule has 1 aromatic rings. The maximum absolute atomic E-state index is 13.0. The van der Waals surface area contributed by atoms with Gasteiger partial charge in [-0.2, -0.15) is 0 Å². The molecular weight excluding hydrogens is 344 g/mol. The molecule has 3 heterocycles. The third kappa shape index (κ3) is 4.21. The third-order valence-corrected chi connectivity index (χ3v) is 5.39. The molecule has 2 N–H and O–H groups in total. The van der Waals surface area contributed by atoms with Crippen molar-refractivity contribution in [3.05, 3.63) is 17.1 Å². The number of rotatable bonds is 4. The van der Waals surface area contributed by atoms with Gasteiger partial charge in [0.1, 0.15) is 12.4 Å². The Morgan fingerprint density at radius 1 is 1.22 bits per heavy atom. The van der Waals surface area contributed by atoms with Crippen molar-refractivity contribution in [2.45, 2.75) is 46.1 Å². The monoisotopic (exact) mass is 374 g/mol. The summed E-state index contributed by atoms with van der Waals surface area (Å²) in [6, 6.07) is 0.131. The average molecular weight is 374 g/mol. The van der Waals surface area contributed by atoms with E-state index >= 15 is 0 Å². The van der Waals surface area contributed by atoms with E-state index in [1.807, 2.05) is 18.7 Å². The van der Waals surface area contributed by atoms with Crippen molar-refractivity contribution in [3.63, 3.8) is 0 Å². The molecule has 2 aliphatic heterocycles. The first-order valence-corrected chi connectivity index (χ1v) is 9.83. The Hall–Kier alpha value is -2.22. The highest BCUT2D eigenvalue weighted by molar-refractivity contribution is 5.94. The van der Waals surface area contributed by atoms with Crippen molar-refractivity contribution in [1.82, 2.24) is 19.8 Å². The summed E-state index contributed by atoms with van der Waals surface area (Å²) in [6.07, 6.45) is 2.61. The Bertz CT molecular complexity index is 722. The highest BCUT2D eigenvalue weighted by Crippen LogP contribution is 2.24. The predicted molar refractivity (Wildman–Crippen MR) is 104 cm³/mol. The van der Waals surface area contributed by atoms with Crippen LogP contribution >= 0.6 is 0 Å². The lowest BCUT2D eigenvalue weighted by Crippen LogP contribution is -2.40. The molecule has 1 aromatic heterocycles. The van der Waals surface area contributed by atoms with E-state index in [0.29, 0.717) is 13.1 Å². The largest absolute Gasteiger partial charge is 0.355 e. The van der Waals surface area contributed by atoms with Gasteiger partial charge in [0, 0.05) is 50.0 Å². The van der Waals surface area contributed by atoms with Gasteiger partial charge >= 0.3 is 0 Å². The van der Waals surface area contributed by atoms with E-state index in [-0.39, 0.29) is 30.2 Å². The zero-order valence-electron chi connectivity index (χ0n) is 16.6. The van der Waals surface area contributed by atoms with E-state index in [0.717, 1.165) is 56.0 Å². The Balaban J connectivity index is 1.82. The van der Waals surface area contributed by atoms with Crippen LogP contribution in [0.15, 0.2) is 0 Å². The Morgan fingerprint density at radius 3 is 2.67 bits per heavy atom. The van der Waals surface area contributed by atoms with Crippen LogP contribution in [-0.4, -0.2) is 76.9 Å². The molecule has 0 aliphatic carbocycles. The second-order valence-corrected chi connectivity index (χ2v) is 7.54. The summed E-state index contributed by atoms with van der Waals surface area (Å²) in [6.45, 7) is 9.56. The Labute approximate surface area is 160 Å². The van der Waals surface area contributed by atoms with Crippen LogP contribution in [0.25, 0.3) is 0 Å². The molecule has 2 aliphatic rings. The van der Waals surface area contributed by atoms with Gasteiger partial charge in [-0.25, -0.2) is 9.97 Å². The number of carbonyl (C=O) groups is 2. The summed E-state index contributed by atoms with van der Waals surface area (Å²) >= 11 is 0. The van der Waals surface area contributed by atoms with E-state index in [9.17, 15) is 9.59 Å². The first-order valence-electron chi connectivity index (χ1n) is 9.83. The lowest BCUT2D eigenvalue weighted by Gasteiger charge is -2.23. The topological polar surface area (TPSA) is 95.7 Å². The van der Waals surface area contributed by atoms with Crippen LogP contribution in [-0.2, 0) is 4.79 Å². The molecule has 3 rings (SSSR count). The Kier molecular flexibility index (Phi) is 5.94. The van der Waals surface area contributed by atoms with E-state index in [4.69, 9.17) is 5.73 Å². The van der Waals surface area contributed by atoms with Gasteiger partial charge in [-0.15, -0.1) is 0 Å². The fourth-order valence-corrected chi connectivity index (χ4v) is 3.74. The van der Waals surface area contributed by atoms with Crippen molar-refractivity contribution in [2.24, 2.45) is 5.73 Å². The second kappa shape index (κ2) is 8.21. The summed E-state index contributed by atoms with van der Waals surface area (Å²) in [4.78, 5) is 40.1. The zero-order chi connectivity index (χ0) is 19.6. The highest BCUT2D eigenvalue weighted by atomic mass is 16.2. The molecule has 0 unspecified atom stereocenters. The molecule has 0 bridgehead atoms. The molecule has 8 heteroatoms. The first kappa shape index (κ1) is 19.5. The molecule has 8 nitrogen and oxygen atoms in total. The van der Waals surface area contributed by atoms with Crippen LogP contribution in [0, 0.1) is 13.8 Å². The van der Waals surface area contributed by atoms with Gasteiger partial charge in [-0.1, -0.05) is 6.92 Å². The van der Waals surface area contributed by atoms with Gasteiger partial charge in [0.25, 0.3) is 5.91 Å². The summed E-state index contributed by atoms with van der Waals surface area (Å²) in [7, 11) is 0. The summed E-state index contributed by atoms with van der Waals surface area (Å²) in [5.74, 6) is 0.685. The minimum absolute atomic E-state index is 0.00252. The number of aromatic nitrogens is 2. The summed E-state index contributed by atoms with van der Waals surface area (Å²) in [5.41, 5.74) is 7.80. The minimum atomic E-state index is -0.269. The minimum Gasteiger partial charge on any atom is -0.355 e. The second-order valence-electron chi connectivity index (χ2n) is 7.54. The van der Waals surface area contributed by atoms with Crippen LogP contribution < -0.4 is 10.6 Å². The van der Waals surface area contributed by atoms with Gasteiger partial charge in [0.15, 0.2) is 0 Å². The number of amides is 2. The van der Waals surface area contributed by atoms with E-state index in [1.54, 1.807) is 4.90 Å². The fraction of sp³-hybridized carbons (Fsp3) is 0.684. The van der Waals surface area contributed by atoms with Crippen molar-refractivity contribution in [1.29, 1.82) is 0 Å². The maximum Gasteiger partial charge on any atom is 0.292 e. The molecule has 2 saturated heterocycles. The maximum atomic E-state index is 13.0. The quantitative estimate of drug-likeness (QED) is 0.834. The van der Waals surface area contributed by atoms with Gasteiger partial charge in [0.2, 0.25) is 11.7 Å². The summed E-state index contributed by atoms with van der Waals surface area (Å²) in [5, 5.41) is 0. The smallest absolute Gasteiger partial charge is 0.292 e. The third-order valence-electron chi connectivity index (χ3n) is 5.39. The molecule has 0 spiro atoms. The van der Waals surface area contributed by atoms with Crippen LogP contribution in [0.5, 0.6) is 0 Å². The molecule has 27 heavy (non-hydrogen) atoms. The summed E-state index contributed by atoms with van der Waals surface area (Å²) < 4.78 is 0. The predicted octanol–water partition coefficient (Wildman–Crippen LogP) is 0.715. The number of hydrogen-bond donors (Lipinski definition) is 1. The first-order chi connectivity index (χ1) is 12.9. The fourth-order valence-electron chi connectivity index (χ4n) is 3.74. The van der Waals surface area contributed by atoms with E-state index in [2.05, 4.69) is 21.8 Å². The normalized spacial score (nSPS) is 21.0. The van der Waals surface area contributed by atoms with Crippen molar-refractivity contribution in [2.75, 3.05) is 44.2 Å². The SMILES string of the molecule is CCCN1CCCN(C(=O)c2nc(C)c(C)c(N3CC[C@@H](N)C3)n2)CC1=O. The molecule has 1 atom stereocenters. The van der Waals surface area contributed by atoms with Crippen LogP contribution in [0.3, 0.4) is 0 Å². The molecular formula is C19H30N6O2. The molecule has 0 saturated carbocycles. The lowest BCUT2D eigenvalue weighted by molar-refractivity contribution is -0.130. The standard InChI is InChI=1S/C19H30N6O2/c1-4-7-23-8-5-9-25(12-16(23)26)19(27)17-21-14(3)13(2)18(22-17)24-10-6-15(20)11-24/h15H,4-12,20H2,1-3H3/t15-/m1/s1. The van der Waals surface area contributed by atoms with Crippen LogP contribution in [0.1, 0.15) is 48.1 Å². The molecule has 2 fully saturated rings. The van der Waals surface area contributed by atoms with E-state index < -0.39 is 0 Å². The highest BCUT2D eigenvalue weighted by Gasteiger charge is 2.29. The number of nitrogens with zero attached hydrogens (tertiary/aromatic N) is 5. The number of carbonyl (C=O) groups excluding carboxylic acids is 2. The van der Waals surface area contributed by atoms with Gasteiger partial charge < -0.3 is 20.4 Å². The van der Waals surface area contributed by atoms with Crippen molar-refractivity contribution >= 4 is 17.6 Å². The lowest BCUT2D eigenvalue weighted by atomic mass is 10.2. The van der Waals surface area contributed by atoms with Crippen LogP contribution in [0.4, 0.5) is 5.82 Å². The molecule has 0 aromatic carbocycles. The Morgan fingerprint density at radius 2 is 2.00 bits per heavy atom. The zero-order valence-corrected chi connectivity index (χ0v) is 16.6. The molecule has 148 valence electrons. The van der Waals surface area contributed by atoms with E-state index in [1.165, 1.54) is 0 Å². The van der Waals surface area contributed by atoms with Crippen LogP contribution in [0.2, 0.25) is 0 Å². The molecule has 0 radical (unpaired) electrons. The molecule has 2 amide bonds. The van der Waals surface area contributed by atoms with Gasteiger partial charge in [-0.05, 0) is 33.1 Å². The van der Waals surface area contributed by atoms with Gasteiger partial charge in [0.05, 0.1) is 0 Å². The van der Waals surface area contributed by atoms with Crippen molar-refractivity contribution in [3.8, 4) is 0 Å². The number of anilines is 1. The number of hydrogen-bond acceptors (Lipinski definition) is 6. The number of nitrogens with two attached hydrogens (primary N) is 1. The van der Waals surface area contributed by atoms with Crippen molar-refractivity contribution < 1.29 is 9.59 Å².